The molecule has 1 aromatic rings. The molecule has 1 aromatic carbocycles. The average Bonchev–Trinajstić information content (AvgIpc) is 2.40. The van der Waals surface area contributed by atoms with E-state index >= 15 is 0 Å². The average molecular weight is 278 g/mol. The predicted octanol–water partition coefficient (Wildman–Crippen LogP) is 4.05. The van der Waals surface area contributed by atoms with Gasteiger partial charge in [-0.25, -0.2) is 0 Å². The number of rotatable bonds is 3. The molecule has 0 spiro atoms. The number of halogens is 1. The molecule has 3 heteroatoms. The standard InChI is InChI=1S/C16H20ClNO/c1-12-6-2-5-9-15(12)18-16(19)11-10-13-7-3-4-8-14(13)17/h3-4,7-8,10-12,15H,2,5-6,9H2,1H3,(H,18,19)/b11-10+/t12-,15+/m0/s1. The lowest BCUT2D eigenvalue weighted by molar-refractivity contribution is -0.117. The van der Waals surface area contributed by atoms with Crippen molar-refractivity contribution >= 4 is 23.6 Å². The fraction of sp³-hybridized carbons (Fsp3) is 0.438. The maximum Gasteiger partial charge on any atom is 0.244 e. The number of hydrogen-bond acceptors (Lipinski definition) is 1. The normalized spacial score (nSPS) is 23.5. The van der Waals surface area contributed by atoms with Crippen LogP contribution in [0.1, 0.15) is 38.2 Å². The van der Waals surface area contributed by atoms with Crippen molar-refractivity contribution in [1.82, 2.24) is 5.32 Å². The van der Waals surface area contributed by atoms with Crippen molar-refractivity contribution < 1.29 is 4.79 Å². The van der Waals surface area contributed by atoms with Crippen molar-refractivity contribution in [2.75, 3.05) is 0 Å². The minimum atomic E-state index is -0.0290. The van der Waals surface area contributed by atoms with Gasteiger partial charge in [0.15, 0.2) is 0 Å². The van der Waals surface area contributed by atoms with Gasteiger partial charge in [0.1, 0.15) is 0 Å². The molecule has 1 amide bonds. The lowest BCUT2D eigenvalue weighted by Gasteiger charge is -2.29. The van der Waals surface area contributed by atoms with Crippen LogP contribution in [0, 0.1) is 5.92 Å². The van der Waals surface area contributed by atoms with Gasteiger partial charge in [-0.05, 0) is 36.5 Å². The van der Waals surface area contributed by atoms with Crippen molar-refractivity contribution in [2.24, 2.45) is 5.92 Å². The van der Waals surface area contributed by atoms with Gasteiger partial charge in [0, 0.05) is 17.1 Å². The zero-order valence-electron chi connectivity index (χ0n) is 11.2. The quantitative estimate of drug-likeness (QED) is 0.830. The van der Waals surface area contributed by atoms with Crippen LogP contribution in [0.4, 0.5) is 0 Å². The first-order valence-electron chi connectivity index (χ1n) is 6.90. The van der Waals surface area contributed by atoms with Crippen LogP contribution in [0.2, 0.25) is 5.02 Å². The number of carbonyl (C=O) groups is 1. The van der Waals surface area contributed by atoms with Gasteiger partial charge in [0.25, 0.3) is 0 Å². The summed E-state index contributed by atoms with van der Waals surface area (Å²) in [5.41, 5.74) is 0.871. The van der Waals surface area contributed by atoms with E-state index in [2.05, 4.69) is 12.2 Å². The Morgan fingerprint density at radius 1 is 1.32 bits per heavy atom. The van der Waals surface area contributed by atoms with Crippen LogP contribution in [0.5, 0.6) is 0 Å². The second-order valence-corrected chi connectivity index (χ2v) is 5.64. The molecule has 0 aliphatic heterocycles. The van der Waals surface area contributed by atoms with E-state index in [0.29, 0.717) is 17.0 Å². The Bertz CT molecular complexity index is 470. The Balaban J connectivity index is 1.92. The SMILES string of the molecule is C[C@H]1CCCC[C@H]1NC(=O)/C=C/c1ccccc1Cl. The van der Waals surface area contributed by atoms with Gasteiger partial charge < -0.3 is 5.32 Å². The first-order chi connectivity index (χ1) is 9.16. The zero-order valence-corrected chi connectivity index (χ0v) is 12.0. The molecule has 102 valence electrons. The van der Waals surface area contributed by atoms with E-state index in [9.17, 15) is 4.79 Å². The van der Waals surface area contributed by atoms with Crippen LogP contribution >= 0.6 is 11.6 Å². The highest BCUT2D eigenvalue weighted by Gasteiger charge is 2.21. The number of amides is 1. The fourth-order valence-corrected chi connectivity index (χ4v) is 2.74. The van der Waals surface area contributed by atoms with Crippen LogP contribution in [0.3, 0.4) is 0 Å². The van der Waals surface area contributed by atoms with Gasteiger partial charge in [-0.3, -0.25) is 4.79 Å². The molecule has 0 aromatic heterocycles. The summed E-state index contributed by atoms with van der Waals surface area (Å²) < 4.78 is 0. The van der Waals surface area contributed by atoms with Crippen LogP contribution < -0.4 is 5.32 Å². The number of carbonyl (C=O) groups excluding carboxylic acids is 1. The number of hydrogen-bond donors (Lipinski definition) is 1. The summed E-state index contributed by atoms with van der Waals surface area (Å²) in [4.78, 5) is 11.9. The van der Waals surface area contributed by atoms with E-state index in [4.69, 9.17) is 11.6 Å². The van der Waals surface area contributed by atoms with Crippen molar-refractivity contribution in [3.8, 4) is 0 Å². The topological polar surface area (TPSA) is 29.1 Å². The summed E-state index contributed by atoms with van der Waals surface area (Å²) in [6, 6.07) is 7.82. The third kappa shape index (κ3) is 4.10. The molecule has 1 saturated carbocycles. The minimum absolute atomic E-state index is 0.0290. The van der Waals surface area contributed by atoms with Crippen molar-refractivity contribution in [2.45, 2.75) is 38.6 Å². The number of benzene rings is 1. The van der Waals surface area contributed by atoms with Crippen LogP contribution in [-0.2, 0) is 4.79 Å². The summed E-state index contributed by atoms with van der Waals surface area (Å²) >= 11 is 6.04. The second-order valence-electron chi connectivity index (χ2n) is 5.23. The smallest absolute Gasteiger partial charge is 0.244 e. The lowest BCUT2D eigenvalue weighted by Crippen LogP contribution is -2.40. The van der Waals surface area contributed by atoms with E-state index in [1.54, 1.807) is 12.2 Å². The molecule has 0 bridgehead atoms. The molecule has 0 radical (unpaired) electrons. The molecule has 2 nitrogen and oxygen atoms in total. The molecular formula is C16H20ClNO. The van der Waals surface area contributed by atoms with E-state index < -0.39 is 0 Å². The maximum atomic E-state index is 11.9. The highest BCUT2D eigenvalue weighted by Crippen LogP contribution is 2.23. The monoisotopic (exact) mass is 277 g/mol. The first kappa shape index (κ1) is 14.1. The van der Waals surface area contributed by atoms with E-state index in [-0.39, 0.29) is 5.91 Å². The molecular weight excluding hydrogens is 258 g/mol. The third-order valence-electron chi connectivity index (χ3n) is 3.76. The summed E-state index contributed by atoms with van der Waals surface area (Å²) in [5.74, 6) is 0.546. The molecule has 1 N–H and O–H groups in total. The van der Waals surface area contributed by atoms with Crippen molar-refractivity contribution in [3.63, 3.8) is 0 Å². The largest absolute Gasteiger partial charge is 0.350 e. The lowest BCUT2D eigenvalue weighted by atomic mass is 9.86. The molecule has 0 heterocycles. The van der Waals surface area contributed by atoms with Gasteiger partial charge in [-0.15, -0.1) is 0 Å². The molecule has 0 unspecified atom stereocenters. The van der Waals surface area contributed by atoms with Crippen LogP contribution in [0.15, 0.2) is 30.3 Å². The Morgan fingerprint density at radius 3 is 2.79 bits per heavy atom. The first-order valence-corrected chi connectivity index (χ1v) is 7.27. The van der Waals surface area contributed by atoms with Gasteiger partial charge in [-0.2, -0.15) is 0 Å². The molecule has 1 fully saturated rings. The summed E-state index contributed by atoms with van der Waals surface area (Å²) in [5, 5.41) is 3.75. The molecule has 0 saturated heterocycles. The molecule has 1 aliphatic rings. The van der Waals surface area contributed by atoms with E-state index in [1.807, 2.05) is 24.3 Å². The Morgan fingerprint density at radius 2 is 2.05 bits per heavy atom. The van der Waals surface area contributed by atoms with Gasteiger partial charge in [0.05, 0.1) is 0 Å². The summed E-state index contributed by atoms with van der Waals surface area (Å²) in [6.45, 7) is 2.21. The molecule has 1 aliphatic carbocycles. The maximum absolute atomic E-state index is 11.9. The molecule has 19 heavy (non-hydrogen) atoms. The van der Waals surface area contributed by atoms with Gasteiger partial charge >= 0.3 is 0 Å². The Labute approximate surface area is 119 Å². The summed E-state index contributed by atoms with van der Waals surface area (Å²) in [6.07, 6.45) is 8.13. The Hall–Kier alpha value is -1.28. The fourth-order valence-electron chi connectivity index (χ4n) is 2.54. The highest BCUT2D eigenvalue weighted by molar-refractivity contribution is 6.32. The third-order valence-corrected chi connectivity index (χ3v) is 4.10. The predicted molar refractivity (Wildman–Crippen MR) is 80.0 cm³/mol. The number of nitrogens with one attached hydrogen (secondary N) is 1. The van der Waals surface area contributed by atoms with Crippen LogP contribution in [0.25, 0.3) is 6.08 Å². The van der Waals surface area contributed by atoms with Crippen LogP contribution in [-0.4, -0.2) is 11.9 Å². The molecule has 2 rings (SSSR count). The van der Waals surface area contributed by atoms with Crippen molar-refractivity contribution in [1.29, 1.82) is 0 Å². The van der Waals surface area contributed by atoms with E-state index in [0.717, 1.165) is 12.0 Å². The summed E-state index contributed by atoms with van der Waals surface area (Å²) in [7, 11) is 0. The van der Waals surface area contributed by atoms with Gasteiger partial charge in [0.2, 0.25) is 5.91 Å². The van der Waals surface area contributed by atoms with Crippen molar-refractivity contribution in [3.05, 3.63) is 40.9 Å². The van der Waals surface area contributed by atoms with Gasteiger partial charge in [-0.1, -0.05) is 49.6 Å². The highest BCUT2D eigenvalue weighted by atomic mass is 35.5. The van der Waals surface area contributed by atoms with E-state index in [1.165, 1.54) is 19.3 Å². The zero-order chi connectivity index (χ0) is 13.7. The second kappa shape index (κ2) is 6.76. The minimum Gasteiger partial charge on any atom is -0.350 e. The molecule has 2 atom stereocenters. The Kier molecular flexibility index (Phi) is 5.03.